The second kappa shape index (κ2) is 5.72. The lowest BCUT2D eigenvalue weighted by molar-refractivity contribution is 0.619. The molecule has 18 heavy (non-hydrogen) atoms. The van der Waals surface area contributed by atoms with Crippen molar-refractivity contribution < 1.29 is 4.39 Å². The monoisotopic (exact) mass is 327 g/mol. The van der Waals surface area contributed by atoms with Gasteiger partial charge in [0.1, 0.15) is 5.82 Å². The Labute approximate surface area is 119 Å². The Balaban J connectivity index is 2.14. The van der Waals surface area contributed by atoms with E-state index < -0.39 is 0 Å². The molecule has 1 N–H and O–H groups in total. The van der Waals surface area contributed by atoms with E-state index in [1.54, 1.807) is 6.07 Å². The highest BCUT2D eigenvalue weighted by atomic mass is 79.9. The fourth-order valence-electron chi connectivity index (χ4n) is 1.70. The Morgan fingerprint density at radius 1 is 1.28 bits per heavy atom. The van der Waals surface area contributed by atoms with Crippen molar-refractivity contribution in [3.05, 3.63) is 62.8 Å². The smallest absolute Gasteiger partial charge is 0.137 e. The Morgan fingerprint density at radius 2 is 2.06 bits per heavy atom. The van der Waals surface area contributed by atoms with Gasteiger partial charge >= 0.3 is 0 Å². The first kappa shape index (κ1) is 13.4. The van der Waals surface area contributed by atoms with E-state index in [1.165, 1.54) is 6.07 Å². The third-order valence-corrected chi connectivity index (χ3v) is 3.63. The highest BCUT2D eigenvalue weighted by Gasteiger charge is 2.04. The summed E-state index contributed by atoms with van der Waals surface area (Å²) >= 11 is 9.24. The largest absolute Gasteiger partial charge is 0.380 e. The number of para-hydroxylation sites is 1. The van der Waals surface area contributed by atoms with Crippen LogP contribution in [0.2, 0.25) is 5.02 Å². The van der Waals surface area contributed by atoms with Crippen molar-refractivity contribution in [2.75, 3.05) is 5.32 Å². The molecular formula is C14H12BrClFN. The molecule has 0 saturated carbocycles. The van der Waals surface area contributed by atoms with Crippen LogP contribution in [0.15, 0.2) is 40.9 Å². The first-order valence-electron chi connectivity index (χ1n) is 5.51. The lowest BCUT2D eigenvalue weighted by Crippen LogP contribution is -2.02. The van der Waals surface area contributed by atoms with Gasteiger partial charge in [-0.15, -0.1) is 0 Å². The summed E-state index contributed by atoms with van der Waals surface area (Å²) in [4.78, 5) is 0. The summed E-state index contributed by atoms with van der Waals surface area (Å²) in [5.41, 5.74) is 2.83. The first-order valence-corrected chi connectivity index (χ1v) is 6.68. The van der Waals surface area contributed by atoms with Crippen LogP contribution in [0.25, 0.3) is 0 Å². The van der Waals surface area contributed by atoms with Crippen LogP contribution in [-0.2, 0) is 6.54 Å². The number of halogens is 3. The number of rotatable bonds is 3. The van der Waals surface area contributed by atoms with Crippen LogP contribution in [-0.4, -0.2) is 0 Å². The average Bonchev–Trinajstić information content (AvgIpc) is 2.33. The number of anilines is 1. The van der Waals surface area contributed by atoms with E-state index in [2.05, 4.69) is 21.2 Å². The zero-order chi connectivity index (χ0) is 13.1. The van der Waals surface area contributed by atoms with Gasteiger partial charge in [-0.25, -0.2) is 4.39 Å². The molecule has 94 valence electrons. The maximum absolute atomic E-state index is 13.4. The van der Waals surface area contributed by atoms with Crippen LogP contribution in [0.5, 0.6) is 0 Å². The average molecular weight is 329 g/mol. The predicted molar refractivity (Wildman–Crippen MR) is 77.6 cm³/mol. The molecule has 0 aliphatic rings. The van der Waals surface area contributed by atoms with E-state index in [-0.39, 0.29) is 5.82 Å². The van der Waals surface area contributed by atoms with Gasteiger partial charge in [0.05, 0.1) is 15.2 Å². The number of benzene rings is 2. The summed E-state index contributed by atoms with van der Waals surface area (Å²) in [6.45, 7) is 2.52. The minimum Gasteiger partial charge on any atom is -0.380 e. The molecule has 0 spiro atoms. The van der Waals surface area contributed by atoms with Gasteiger partial charge in [0, 0.05) is 6.54 Å². The summed E-state index contributed by atoms with van der Waals surface area (Å²) in [5, 5.41) is 3.90. The summed E-state index contributed by atoms with van der Waals surface area (Å²) < 4.78 is 13.8. The van der Waals surface area contributed by atoms with Crippen LogP contribution >= 0.6 is 27.5 Å². The quantitative estimate of drug-likeness (QED) is 0.820. The van der Waals surface area contributed by atoms with Crippen molar-refractivity contribution in [3.8, 4) is 0 Å². The Bertz CT molecular complexity index is 551. The molecule has 4 heteroatoms. The fraction of sp³-hybridized carbons (Fsp3) is 0.143. The molecule has 0 saturated heterocycles. The van der Waals surface area contributed by atoms with E-state index >= 15 is 0 Å². The number of hydrogen-bond acceptors (Lipinski definition) is 1. The SMILES string of the molecule is Cc1cccc(Cl)c1NCc1ccc(Br)c(F)c1. The van der Waals surface area contributed by atoms with Gasteiger partial charge in [0.15, 0.2) is 0 Å². The normalized spacial score (nSPS) is 10.4. The van der Waals surface area contributed by atoms with Crippen LogP contribution in [0.1, 0.15) is 11.1 Å². The van der Waals surface area contributed by atoms with E-state index in [4.69, 9.17) is 11.6 Å². The summed E-state index contributed by atoms with van der Waals surface area (Å²) in [6, 6.07) is 10.8. The molecule has 0 radical (unpaired) electrons. The second-order valence-electron chi connectivity index (χ2n) is 4.03. The van der Waals surface area contributed by atoms with E-state index in [9.17, 15) is 4.39 Å². The zero-order valence-electron chi connectivity index (χ0n) is 9.81. The maximum Gasteiger partial charge on any atom is 0.137 e. The van der Waals surface area contributed by atoms with Gasteiger partial charge in [-0.05, 0) is 52.2 Å². The van der Waals surface area contributed by atoms with Gasteiger partial charge in [0.25, 0.3) is 0 Å². The third-order valence-electron chi connectivity index (χ3n) is 2.68. The van der Waals surface area contributed by atoms with Gasteiger partial charge in [-0.3, -0.25) is 0 Å². The first-order chi connectivity index (χ1) is 8.58. The van der Waals surface area contributed by atoms with Crippen LogP contribution in [0.3, 0.4) is 0 Å². The molecule has 0 aliphatic heterocycles. The molecule has 0 aromatic heterocycles. The molecule has 0 aliphatic carbocycles. The third kappa shape index (κ3) is 3.03. The molecule has 0 amide bonds. The van der Waals surface area contributed by atoms with Crippen molar-refractivity contribution in [1.29, 1.82) is 0 Å². The Morgan fingerprint density at radius 3 is 2.72 bits per heavy atom. The Hall–Kier alpha value is -1.06. The minimum absolute atomic E-state index is 0.259. The molecule has 1 nitrogen and oxygen atoms in total. The van der Waals surface area contributed by atoms with Gasteiger partial charge in [-0.1, -0.05) is 29.8 Å². The van der Waals surface area contributed by atoms with E-state index in [0.29, 0.717) is 16.0 Å². The zero-order valence-corrected chi connectivity index (χ0v) is 12.1. The molecule has 0 atom stereocenters. The summed E-state index contributed by atoms with van der Waals surface area (Å²) in [5.74, 6) is -0.259. The van der Waals surface area contributed by atoms with Crippen molar-refractivity contribution in [3.63, 3.8) is 0 Å². The second-order valence-corrected chi connectivity index (χ2v) is 5.30. The molecule has 0 unspecified atom stereocenters. The predicted octanol–water partition coefficient (Wildman–Crippen LogP) is 5.16. The summed E-state index contributed by atoms with van der Waals surface area (Å²) in [6.07, 6.45) is 0. The molecule has 2 aromatic carbocycles. The van der Waals surface area contributed by atoms with E-state index in [0.717, 1.165) is 16.8 Å². The number of nitrogens with one attached hydrogen (secondary N) is 1. The minimum atomic E-state index is -0.259. The van der Waals surface area contributed by atoms with Crippen LogP contribution < -0.4 is 5.32 Å². The molecule has 2 aromatic rings. The van der Waals surface area contributed by atoms with Gasteiger partial charge in [-0.2, -0.15) is 0 Å². The maximum atomic E-state index is 13.4. The van der Waals surface area contributed by atoms with Gasteiger partial charge < -0.3 is 5.32 Å². The highest BCUT2D eigenvalue weighted by Crippen LogP contribution is 2.26. The van der Waals surface area contributed by atoms with Crippen LogP contribution in [0, 0.1) is 12.7 Å². The number of hydrogen-bond donors (Lipinski definition) is 1. The molecule has 0 bridgehead atoms. The van der Waals surface area contributed by atoms with Crippen molar-refractivity contribution in [1.82, 2.24) is 0 Å². The lowest BCUT2D eigenvalue weighted by Gasteiger charge is -2.11. The molecule has 0 fully saturated rings. The van der Waals surface area contributed by atoms with Crippen molar-refractivity contribution >= 4 is 33.2 Å². The molecule has 2 rings (SSSR count). The highest BCUT2D eigenvalue weighted by molar-refractivity contribution is 9.10. The fourth-order valence-corrected chi connectivity index (χ4v) is 2.23. The van der Waals surface area contributed by atoms with E-state index in [1.807, 2.05) is 31.2 Å². The van der Waals surface area contributed by atoms with Crippen molar-refractivity contribution in [2.24, 2.45) is 0 Å². The van der Waals surface area contributed by atoms with Crippen molar-refractivity contribution in [2.45, 2.75) is 13.5 Å². The topological polar surface area (TPSA) is 12.0 Å². The standard InChI is InChI=1S/C14H12BrClFN/c1-9-3-2-4-12(16)14(9)18-8-10-5-6-11(15)13(17)7-10/h2-7,18H,8H2,1H3. The molecular weight excluding hydrogens is 317 g/mol. The van der Waals surface area contributed by atoms with Gasteiger partial charge in [0.2, 0.25) is 0 Å². The molecule has 0 heterocycles. The van der Waals surface area contributed by atoms with Crippen LogP contribution in [0.4, 0.5) is 10.1 Å². The Kier molecular flexibility index (Phi) is 4.25. The summed E-state index contributed by atoms with van der Waals surface area (Å²) in [7, 11) is 0. The number of aryl methyl sites for hydroxylation is 1. The lowest BCUT2D eigenvalue weighted by atomic mass is 10.1.